The molecule has 0 atom stereocenters. The van der Waals surface area contributed by atoms with Crippen LogP contribution in [0.25, 0.3) is 0 Å². The van der Waals surface area contributed by atoms with Gasteiger partial charge in [0.25, 0.3) is 0 Å². The molecule has 0 aliphatic heterocycles. The SMILES string of the molecule is O=S(=O)(NCc1ccc(F)cc1F)c1ccc(Br)cc1F. The van der Waals surface area contributed by atoms with E-state index in [1.807, 2.05) is 0 Å². The molecule has 2 aromatic rings. The van der Waals surface area contributed by atoms with Crippen LogP contribution < -0.4 is 4.72 Å². The van der Waals surface area contributed by atoms with Crippen molar-refractivity contribution < 1.29 is 21.6 Å². The van der Waals surface area contributed by atoms with Crippen LogP contribution in [0.1, 0.15) is 5.56 Å². The first-order valence-corrected chi connectivity index (χ1v) is 7.96. The average molecular weight is 380 g/mol. The van der Waals surface area contributed by atoms with Crippen molar-refractivity contribution in [1.82, 2.24) is 4.72 Å². The molecule has 0 bridgehead atoms. The summed E-state index contributed by atoms with van der Waals surface area (Å²) in [6, 6.07) is 6.23. The molecule has 0 saturated heterocycles. The molecule has 2 rings (SSSR count). The molecular formula is C13H9BrF3NO2S. The highest BCUT2D eigenvalue weighted by atomic mass is 79.9. The highest BCUT2D eigenvalue weighted by Gasteiger charge is 2.19. The summed E-state index contributed by atoms with van der Waals surface area (Å²) in [4.78, 5) is -0.548. The van der Waals surface area contributed by atoms with E-state index in [1.54, 1.807) is 0 Å². The molecule has 0 heterocycles. The molecule has 112 valence electrons. The molecule has 0 saturated carbocycles. The minimum Gasteiger partial charge on any atom is -0.207 e. The van der Waals surface area contributed by atoms with E-state index in [0.29, 0.717) is 10.5 Å². The fraction of sp³-hybridized carbons (Fsp3) is 0.0769. The van der Waals surface area contributed by atoms with E-state index >= 15 is 0 Å². The normalized spacial score (nSPS) is 11.6. The van der Waals surface area contributed by atoms with Crippen molar-refractivity contribution in [3.8, 4) is 0 Å². The van der Waals surface area contributed by atoms with Gasteiger partial charge in [0.05, 0.1) is 0 Å². The maximum atomic E-state index is 13.6. The lowest BCUT2D eigenvalue weighted by molar-refractivity contribution is 0.550. The highest BCUT2D eigenvalue weighted by molar-refractivity contribution is 9.10. The first-order valence-electron chi connectivity index (χ1n) is 5.68. The van der Waals surface area contributed by atoms with Gasteiger partial charge in [0.15, 0.2) is 0 Å². The number of nitrogens with one attached hydrogen (secondary N) is 1. The fourth-order valence-corrected chi connectivity index (χ4v) is 3.01. The predicted molar refractivity (Wildman–Crippen MR) is 74.5 cm³/mol. The lowest BCUT2D eigenvalue weighted by Gasteiger charge is -2.08. The standard InChI is InChI=1S/C13H9BrF3NO2S/c14-9-2-4-13(12(17)5-9)21(19,20)18-7-8-1-3-10(15)6-11(8)16/h1-6,18H,7H2. The maximum absolute atomic E-state index is 13.6. The Labute approximate surface area is 128 Å². The van der Waals surface area contributed by atoms with Crippen molar-refractivity contribution in [2.75, 3.05) is 0 Å². The van der Waals surface area contributed by atoms with Crippen LogP contribution in [0, 0.1) is 17.5 Å². The van der Waals surface area contributed by atoms with Gasteiger partial charge >= 0.3 is 0 Å². The van der Waals surface area contributed by atoms with Crippen molar-refractivity contribution in [2.24, 2.45) is 0 Å². The van der Waals surface area contributed by atoms with Gasteiger partial charge in [0, 0.05) is 22.6 Å². The summed E-state index contributed by atoms with van der Waals surface area (Å²) in [6.07, 6.45) is 0. The Morgan fingerprint density at radius 2 is 1.71 bits per heavy atom. The maximum Gasteiger partial charge on any atom is 0.243 e. The molecule has 0 aliphatic rings. The molecule has 0 fully saturated rings. The summed E-state index contributed by atoms with van der Waals surface area (Å²) in [5.74, 6) is -2.58. The van der Waals surface area contributed by atoms with Gasteiger partial charge in [-0.1, -0.05) is 22.0 Å². The van der Waals surface area contributed by atoms with E-state index in [9.17, 15) is 21.6 Å². The van der Waals surface area contributed by atoms with Crippen LogP contribution in [0.3, 0.4) is 0 Å². The Balaban J connectivity index is 2.22. The van der Waals surface area contributed by atoms with E-state index in [1.165, 1.54) is 6.07 Å². The third kappa shape index (κ3) is 3.84. The second-order valence-electron chi connectivity index (χ2n) is 4.14. The second kappa shape index (κ2) is 6.17. The molecule has 8 heteroatoms. The van der Waals surface area contributed by atoms with Gasteiger partial charge in [-0.2, -0.15) is 0 Å². The van der Waals surface area contributed by atoms with Gasteiger partial charge in [-0.3, -0.25) is 0 Å². The fourth-order valence-electron chi connectivity index (χ4n) is 1.61. The van der Waals surface area contributed by atoms with Crippen LogP contribution >= 0.6 is 15.9 Å². The molecule has 0 radical (unpaired) electrons. The lowest BCUT2D eigenvalue weighted by atomic mass is 10.2. The molecule has 0 aromatic heterocycles. The van der Waals surface area contributed by atoms with Gasteiger partial charge in [-0.05, 0) is 24.3 Å². The van der Waals surface area contributed by atoms with Crippen LogP contribution in [0.2, 0.25) is 0 Å². The van der Waals surface area contributed by atoms with Crippen LogP contribution in [0.4, 0.5) is 13.2 Å². The summed E-state index contributed by atoms with van der Waals surface area (Å²) in [5.41, 5.74) is -0.0440. The second-order valence-corrected chi connectivity index (χ2v) is 6.79. The summed E-state index contributed by atoms with van der Waals surface area (Å²) >= 11 is 3.01. The van der Waals surface area contributed by atoms with E-state index in [0.717, 1.165) is 24.3 Å². The van der Waals surface area contributed by atoms with Crippen LogP contribution in [0.15, 0.2) is 45.8 Å². The summed E-state index contributed by atoms with van der Waals surface area (Å²) in [7, 11) is -4.14. The molecule has 0 unspecified atom stereocenters. The molecule has 0 spiro atoms. The van der Waals surface area contributed by atoms with Gasteiger partial charge in [0.1, 0.15) is 22.3 Å². The zero-order valence-electron chi connectivity index (χ0n) is 10.4. The monoisotopic (exact) mass is 379 g/mol. The Morgan fingerprint density at radius 1 is 1.00 bits per heavy atom. The highest BCUT2D eigenvalue weighted by Crippen LogP contribution is 2.19. The summed E-state index contributed by atoms with van der Waals surface area (Å²) < 4.78 is 66.1. The third-order valence-corrected chi connectivity index (χ3v) is 4.58. The molecule has 0 aliphatic carbocycles. The Bertz CT molecular complexity index is 781. The van der Waals surface area contributed by atoms with Gasteiger partial charge in [-0.25, -0.2) is 26.3 Å². The van der Waals surface area contributed by atoms with E-state index in [-0.39, 0.29) is 5.56 Å². The predicted octanol–water partition coefficient (Wildman–Crippen LogP) is 3.34. The number of hydrogen-bond donors (Lipinski definition) is 1. The molecule has 1 N–H and O–H groups in total. The lowest BCUT2D eigenvalue weighted by Crippen LogP contribution is -2.24. The minimum absolute atomic E-state index is 0.0440. The van der Waals surface area contributed by atoms with Crippen molar-refractivity contribution in [1.29, 1.82) is 0 Å². The zero-order chi connectivity index (χ0) is 15.6. The van der Waals surface area contributed by atoms with E-state index in [2.05, 4.69) is 20.7 Å². The first-order chi connectivity index (χ1) is 9.79. The average Bonchev–Trinajstić information content (AvgIpc) is 2.37. The quantitative estimate of drug-likeness (QED) is 0.885. The molecule has 0 amide bonds. The van der Waals surface area contributed by atoms with Gasteiger partial charge in [0.2, 0.25) is 10.0 Å². The summed E-state index contributed by atoms with van der Waals surface area (Å²) in [5, 5.41) is 0. The zero-order valence-corrected chi connectivity index (χ0v) is 12.8. The summed E-state index contributed by atoms with van der Waals surface area (Å²) in [6.45, 7) is -0.413. The van der Waals surface area contributed by atoms with Crippen molar-refractivity contribution in [2.45, 2.75) is 11.4 Å². The van der Waals surface area contributed by atoms with Crippen molar-refractivity contribution in [3.63, 3.8) is 0 Å². The number of hydrogen-bond acceptors (Lipinski definition) is 2. The van der Waals surface area contributed by atoms with E-state index in [4.69, 9.17) is 0 Å². The minimum atomic E-state index is -4.14. The number of benzene rings is 2. The molecule has 21 heavy (non-hydrogen) atoms. The van der Waals surface area contributed by atoms with Crippen molar-refractivity contribution in [3.05, 3.63) is 63.9 Å². The number of sulfonamides is 1. The smallest absolute Gasteiger partial charge is 0.207 e. The van der Waals surface area contributed by atoms with Gasteiger partial charge in [-0.15, -0.1) is 0 Å². The Hall–Kier alpha value is -1.38. The van der Waals surface area contributed by atoms with Crippen molar-refractivity contribution >= 4 is 26.0 Å². The van der Waals surface area contributed by atoms with Gasteiger partial charge < -0.3 is 0 Å². The van der Waals surface area contributed by atoms with Crippen LogP contribution in [-0.2, 0) is 16.6 Å². The van der Waals surface area contributed by atoms with Crippen LogP contribution in [0.5, 0.6) is 0 Å². The number of rotatable bonds is 4. The van der Waals surface area contributed by atoms with Crippen LogP contribution in [-0.4, -0.2) is 8.42 Å². The molecule has 2 aromatic carbocycles. The number of halogens is 4. The van der Waals surface area contributed by atoms with E-state index < -0.39 is 38.9 Å². The first kappa shape index (κ1) is 16.0. The molecular weight excluding hydrogens is 371 g/mol. The Kier molecular flexibility index (Phi) is 4.70. The third-order valence-electron chi connectivity index (χ3n) is 2.65. The topological polar surface area (TPSA) is 46.2 Å². The Morgan fingerprint density at radius 3 is 2.33 bits per heavy atom. The molecule has 3 nitrogen and oxygen atoms in total. The largest absolute Gasteiger partial charge is 0.243 e.